The predicted octanol–water partition coefficient (Wildman–Crippen LogP) is 1.11. The van der Waals surface area contributed by atoms with Gasteiger partial charge in [0.25, 0.3) is 0 Å². The van der Waals surface area contributed by atoms with Crippen molar-refractivity contribution >= 4 is 11.3 Å². The maximum Gasteiger partial charge on any atom is 0.114 e. The molecular weight excluding hydrogens is 210 g/mol. The van der Waals surface area contributed by atoms with Gasteiger partial charge in [-0.15, -0.1) is 16.4 Å². The number of hydrogen-bond donors (Lipinski definition) is 1. The summed E-state index contributed by atoms with van der Waals surface area (Å²) in [6.45, 7) is 4.54. The summed E-state index contributed by atoms with van der Waals surface area (Å²) in [4.78, 5) is 4.36. The van der Waals surface area contributed by atoms with Crippen molar-refractivity contribution in [2.75, 3.05) is 0 Å². The second-order valence-electron chi connectivity index (χ2n) is 3.51. The molecule has 0 aromatic carbocycles. The largest absolute Gasteiger partial charge is 0.323 e. The Morgan fingerprint density at radius 2 is 2.40 bits per heavy atom. The normalized spacial score (nSPS) is 13.0. The highest BCUT2D eigenvalue weighted by Gasteiger charge is 2.06. The first-order valence-electron chi connectivity index (χ1n) is 4.72. The number of nitrogens with zero attached hydrogens (tertiary/aromatic N) is 4. The molecule has 6 heteroatoms. The zero-order valence-corrected chi connectivity index (χ0v) is 9.53. The van der Waals surface area contributed by atoms with Crippen molar-refractivity contribution in [2.24, 2.45) is 5.73 Å². The van der Waals surface area contributed by atoms with Gasteiger partial charge < -0.3 is 5.73 Å². The van der Waals surface area contributed by atoms with E-state index in [1.54, 1.807) is 16.0 Å². The lowest BCUT2D eigenvalue weighted by Gasteiger charge is -1.96. The number of hydrogen-bond acceptors (Lipinski definition) is 5. The first-order chi connectivity index (χ1) is 7.15. The Labute approximate surface area is 91.9 Å². The number of thiazole rings is 1. The first kappa shape index (κ1) is 10.3. The zero-order valence-electron chi connectivity index (χ0n) is 8.71. The van der Waals surface area contributed by atoms with Crippen molar-refractivity contribution in [3.05, 3.63) is 28.0 Å². The minimum Gasteiger partial charge on any atom is -0.323 e. The van der Waals surface area contributed by atoms with Crippen molar-refractivity contribution in [1.82, 2.24) is 20.0 Å². The fourth-order valence-electron chi connectivity index (χ4n) is 1.21. The van der Waals surface area contributed by atoms with Gasteiger partial charge in [0.05, 0.1) is 18.4 Å². The molecule has 2 heterocycles. The number of nitrogens with two attached hydrogens (primary N) is 1. The minimum absolute atomic E-state index is 0.0724. The van der Waals surface area contributed by atoms with Gasteiger partial charge >= 0.3 is 0 Å². The molecule has 0 aliphatic carbocycles. The molecular formula is C9H13N5S. The number of aromatic nitrogens is 4. The van der Waals surface area contributed by atoms with Crippen molar-refractivity contribution in [2.45, 2.75) is 26.4 Å². The molecule has 0 saturated heterocycles. The van der Waals surface area contributed by atoms with Gasteiger partial charge in [0.2, 0.25) is 0 Å². The number of rotatable bonds is 3. The molecule has 0 fully saturated rings. The highest BCUT2D eigenvalue weighted by atomic mass is 32.1. The second-order valence-corrected chi connectivity index (χ2v) is 4.45. The smallest absolute Gasteiger partial charge is 0.114 e. The van der Waals surface area contributed by atoms with E-state index in [0.717, 1.165) is 16.4 Å². The van der Waals surface area contributed by atoms with Crippen LogP contribution in [0, 0.1) is 6.92 Å². The van der Waals surface area contributed by atoms with Crippen LogP contribution in [0.5, 0.6) is 0 Å². The summed E-state index contributed by atoms with van der Waals surface area (Å²) in [5.41, 5.74) is 7.55. The van der Waals surface area contributed by atoms with Gasteiger partial charge in [-0.05, 0) is 13.8 Å². The lowest BCUT2D eigenvalue weighted by molar-refractivity contribution is 0.645. The van der Waals surface area contributed by atoms with E-state index in [2.05, 4.69) is 15.3 Å². The van der Waals surface area contributed by atoms with Crippen molar-refractivity contribution in [3.8, 4) is 0 Å². The molecule has 0 spiro atoms. The van der Waals surface area contributed by atoms with Crippen LogP contribution in [0.1, 0.15) is 29.4 Å². The van der Waals surface area contributed by atoms with Crippen LogP contribution in [-0.4, -0.2) is 20.0 Å². The number of aryl methyl sites for hydroxylation is 1. The molecule has 1 unspecified atom stereocenters. The molecule has 2 aromatic heterocycles. The lowest BCUT2D eigenvalue weighted by atomic mass is 10.3. The molecule has 80 valence electrons. The maximum atomic E-state index is 5.70. The third-order valence-corrected chi connectivity index (χ3v) is 2.94. The van der Waals surface area contributed by atoms with Crippen LogP contribution in [0.2, 0.25) is 0 Å². The van der Waals surface area contributed by atoms with Crippen LogP contribution in [-0.2, 0) is 6.54 Å². The monoisotopic (exact) mass is 223 g/mol. The van der Waals surface area contributed by atoms with Crippen LogP contribution < -0.4 is 5.73 Å². The third kappa shape index (κ3) is 2.40. The summed E-state index contributed by atoms with van der Waals surface area (Å²) in [6.07, 6.45) is 1.86. The molecule has 5 nitrogen and oxygen atoms in total. The SMILES string of the molecule is Cc1csc(Cn2cc(C(C)N)nn2)n1. The molecule has 0 amide bonds. The van der Waals surface area contributed by atoms with Crippen molar-refractivity contribution < 1.29 is 0 Å². The average molecular weight is 223 g/mol. The summed E-state index contributed by atoms with van der Waals surface area (Å²) in [5, 5.41) is 11.0. The molecule has 2 rings (SSSR count). The van der Waals surface area contributed by atoms with Crippen molar-refractivity contribution in [3.63, 3.8) is 0 Å². The van der Waals surface area contributed by atoms with Crippen LogP contribution in [0.15, 0.2) is 11.6 Å². The van der Waals surface area contributed by atoms with Crippen LogP contribution in [0.3, 0.4) is 0 Å². The first-order valence-corrected chi connectivity index (χ1v) is 5.59. The van der Waals surface area contributed by atoms with E-state index >= 15 is 0 Å². The van der Waals surface area contributed by atoms with E-state index in [4.69, 9.17) is 5.73 Å². The fraction of sp³-hybridized carbons (Fsp3) is 0.444. The van der Waals surface area contributed by atoms with Gasteiger partial charge in [-0.2, -0.15) is 0 Å². The maximum absolute atomic E-state index is 5.70. The van der Waals surface area contributed by atoms with E-state index < -0.39 is 0 Å². The third-order valence-electron chi connectivity index (χ3n) is 1.99. The summed E-state index contributed by atoms with van der Waals surface area (Å²) < 4.78 is 1.76. The zero-order chi connectivity index (χ0) is 10.8. The molecule has 0 radical (unpaired) electrons. The van der Waals surface area contributed by atoms with Gasteiger partial charge in [0.15, 0.2) is 0 Å². The van der Waals surface area contributed by atoms with Gasteiger partial charge in [-0.3, -0.25) is 0 Å². The van der Waals surface area contributed by atoms with E-state index in [-0.39, 0.29) is 6.04 Å². The van der Waals surface area contributed by atoms with Gasteiger partial charge in [-0.25, -0.2) is 9.67 Å². The lowest BCUT2D eigenvalue weighted by Crippen LogP contribution is -2.05. The summed E-state index contributed by atoms with van der Waals surface area (Å²) >= 11 is 1.63. The molecule has 2 N–H and O–H groups in total. The van der Waals surface area contributed by atoms with Crippen LogP contribution in [0.4, 0.5) is 0 Å². The molecule has 15 heavy (non-hydrogen) atoms. The summed E-state index contributed by atoms with van der Waals surface area (Å²) in [7, 11) is 0. The van der Waals surface area contributed by atoms with Gasteiger partial charge in [-0.1, -0.05) is 5.21 Å². The van der Waals surface area contributed by atoms with Gasteiger partial charge in [0, 0.05) is 17.1 Å². The highest BCUT2D eigenvalue weighted by Crippen LogP contribution is 2.11. The highest BCUT2D eigenvalue weighted by molar-refractivity contribution is 7.09. The Bertz CT molecular complexity index is 445. The van der Waals surface area contributed by atoms with Crippen molar-refractivity contribution in [1.29, 1.82) is 0 Å². The molecule has 0 saturated carbocycles. The minimum atomic E-state index is -0.0724. The average Bonchev–Trinajstić information content (AvgIpc) is 2.76. The van der Waals surface area contributed by atoms with Crippen LogP contribution >= 0.6 is 11.3 Å². The Hall–Kier alpha value is -1.27. The molecule has 2 aromatic rings. The molecule has 0 aliphatic rings. The Balaban J connectivity index is 2.11. The van der Waals surface area contributed by atoms with E-state index in [1.807, 2.05) is 25.4 Å². The fourth-order valence-corrected chi connectivity index (χ4v) is 1.98. The van der Waals surface area contributed by atoms with Crippen LogP contribution in [0.25, 0.3) is 0 Å². The standard InChI is InChI=1S/C9H13N5S/c1-6-5-15-9(11-6)4-14-3-8(7(2)10)12-13-14/h3,5,7H,4,10H2,1-2H3. The second kappa shape index (κ2) is 4.08. The molecule has 0 aliphatic heterocycles. The predicted molar refractivity (Wildman–Crippen MR) is 58.6 cm³/mol. The van der Waals surface area contributed by atoms with E-state index in [0.29, 0.717) is 6.54 Å². The Morgan fingerprint density at radius 3 is 2.93 bits per heavy atom. The summed E-state index contributed by atoms with van der Waals surface area (Å²) in [5.74, 6) is 0. The Morgan fingerprint density at radius 1 is 1.60 bits per heavy atom. The van der Waals surface area contributed by atoms with Gasteiger partial charge in [0.1, 0.15) is 5.01 Å². The van der Waals surface area contributed by atoms with E-state index in [9.17, 15) is 0 Å². The quantitative estimate of drug-likeness (QED) is 0.846. The topological polar surface area (TPSA) is 69.6 Å². The molecule has 0 bridgehead atoms. The Kier molecular flexibility index (Phi) is 2.79. The van der Waals surface area contributed by atoms with E-state index in [1.165, 1.54) is 0 Å². The molecule has 1 atom stereocenters. The summed E-state index contributed by atoms with van der Waals surface area (Å²) in [6, 6.07) is -0.0724.